The third-order valence-corrected chi connectivity index (χ3v) is 3.98. The molecule has 2 N–H and O–H groups in total. The fourth-order valence-electron chi connectivity index (χ4n) is 1.91. The van der Waals surface area contributed by atoms with Crippen LogP contribution in [-0.2, 0) is 13.6 Å². The molecule has 118 valence electrons. The van der Waals surface area contributed by atoms with Crippen molar-refractivity contribution >= 4 is 29.2 Å². The number of nitrogens with one attached hydrogen (secondary N) is 2. The van der Waals surface area contributed by atoms with Gasteiger partial charge in [0.1, 0.15) is 12.2 Å². The first kappa shape index (κ1) is 16.6. The van der Waals surface area contributed by atoms with E-state index in [2.05, 4.69) is 25.7 Å². The van der Waals surface area contributed by atoms with Crippen molar-refractivity contribution in [1.82, 2.24) is 25.4 Å². The van der Waals surface area contributed by atoms with E-state index in [4.69, 9.17) is 23.2 Å². The van der Waals surface area contributed by atoms with E-state index in [0.717, 1.165) is 11.4 Å². The van der Waals surface area contributed by atoms with Crippen LogP contribution in [0.5, 0.6) is 0 Å². The average Bonchev–Trinajstić information content (AvgIpc) is 2.91. The summed E-state index contributed by atoms with van der Waals surface area (Å²) in [6, 6.07) is 5.59. The third kappa shape index (κ3) is 4.11. The molecule has 1 unspecified atom stereocenters. The SMILES string of the molecule is CN=C(NCc1ncnn1C)NC(C)c1ccc(Cl)c(Cl)c1. The van der Waals surface area contributed by atoms with E-state index in [1.807, 2.05) is 26.1 Å². The van der Waals surface area contributed by atoms with E-state index in [0.29, 0.717) is 22.5 Å². The zero-order valence-corrected chi connectivity index (χ0v) is 14.2. The Bertz CT molecular complexity index is 667. The predicted molar refractivity (Wildman–Crippen MR) is 89.2 cm³/mol. The molecule has 0 amide bonds. The van der Waals surface area contributed by atoms with Gasteiger partial charge in [-0.3, -0.25) is 9.67 Å². The van der Waals surface area contributed by atoms with Crippen LogP contribution < -0.4 is 10.6 Å². The van der Waals surface area contributed by atoms with E-state index in [1.54, 1.807) is 17.8 Å². The van der Waals surface area contributed by atoms with Crippen LogP contribution in [-0.4, -0.2) is 27.8 Å². The monoisotopic (exact) mass is 340 g/mol. The number of aliphatic imine (C=N–C) groups is 1. The quantitative estimate of drug-likeness (QED) is 0.663. The highest BCUT2D eigenvalue weighted by molar-refractivity contribution is 6.42. The van der Waals surface area contributed by atoms with Crippen LogP contribution >= 0.6 is 23.2 Å². The molecule has 1 heterocycles. The molecule has 0 spiro atoms. The minimum Gasteiger partial charge on any atom is -0.350 e. The maximum absolute atomic E-state index is 6.05. The van der Waals surface area contributed by atoms with E-state index >= 15 is 0 Å². The summed E-state index contributed by atoms with van der Waals surface area (Å²) in [6.07, 6.45) is 1.52. The molecule has 0 aliphatic carbocycles. The van der Waals surface area contributed by atoms with E-state index < -0.39 is 0 Å². The number of benzene rings is 1. The Morgan fingerprint density at radius 3 is 2.73 bits per heavy atom. The number of hydrogen-bond donors (Lipinski definition) is 2. The van der Waals surface area contributed by atoms with Gasteiger partial charge in [-0.05, 0) is 24.6 Å². The molecule has 0 saturated carbocycles. The lowest BCUT2D eigenvalue weighted by Crippen LogP contribution is -2.38. The highest BCUT2D eigenvalue weighted by Gasteiger charge is 2.10. The first-order chi connectivity index (χ1) is 10.5. The zero-order chi connectivity index (χ0) is 16.1. The van der Waals surface area contributed by atoms with Gasteiger partial charge in [-0.15, -0.1) is 0 Å². The summed E-state index contributed by atoms with van der Waals surface area (Å²) < 4.78 is 1.71. The van der Waals surface area contributed by atoms with Crippen molar-refractivity contribution in [1.29, 1.82) is 0 Å². The summed E-state index contributed by atoms with van der Waals surface area (Å²) in [6.45, 7) is 2.55. The van der Waals surface area contributed by atoms with Crippen molar-refractivity contribution in [2.45, 2.75) is 19.5 Å². The molecular formula is C14H18Cl2N6. The number of rotatable bonds is 4. The van der Waals surface area contributed by atoms with Crippen LogP contribution in [0.3, 0.4) is 0 Å². The summed E-state index contributed by atoms with van der Waals surface area (Å²) in [5.41, 5.74) is 1.02. The number of hydrogen-bond acceptors (Lipinski definition) is 3. The predicted octanol–water partition coefficient (Wildman–Crippen LogP) is 2.55. The lowest BCUT2D eigenvalue weighted by atomic mass is 10.1. The number of halogens is 2. The summed E-state index contributed by atoms with van der Waals surface area (Å²) in [7, 11) is 3.56. The Hall–Kier alpha value is -1.79. The Morgan fingerprint density at radius 2 is 2.14 bits per heavy atom. The Balaban J connectivity index is 1.97. The van der Waals surface area contributed by atoms with E-state index in [1.165, 1.54) is 6.33 Å². The van der Waals surface area contributed by atoms with Gasteiger partial charge in [-0.25, -0.2) is 4.98 Å². The molecule has 22 heavy (non-hydrogen) atoms. The molecular weight excluding hydrogens is 323 g/mol. The second-order valence-electron chi connectivity index (χ2n) is 4.77. The lowest BCUT2D eigenvalue weighted by molar-refractivity contribution is 0.651. The molecule has 2 rings (SSSR count). The average molecular weight is 341 g/mol. The molecule has 1 aromatic heterocycles. The molecule has 0 radical (unpaired) electrons. The largest absolute Gasteiger partial charge is 0.350 e. The van der Waals surface area contributed by atoms with E-state index in [9.17, 15) is 0 Å². The molecule has 0 saturated heterocycles. The number of aromatic nitrogens is 3. The van der Waals surface area contributed by atoms with Crippen molar-refractivity contribution < 1.29 is 0 Å². The van der Waals surface area contributed by atoms with Gasteiger partial charge in [0.15, 0.2) is 5.96 Å². The summed E-state index contributed by atoms with van der Waals surface area (Å²) in [4.78, 5) is 8.36. The van der Waals surface area contributed by atoms with Gasteiger partial charge < -0.3 is 10.6 Å². The fourth-order valence-corrected chi connectivity index (χ4v) is 2.21. The van der Waals surface area contributed by atoms with Crippen LogP contribution in [0.4, 0.5) is 0 Å². The molecule has 1 aromatic carbocycles. The smallest absolute Gasteiger partial charge is 0.191 e. The van der Waals surface area contributed by atoms with Crippen LogP contribution in [0.25, 0.3) is 0 Å². The van der Waals surface area contributed by atoms with Gasteiger partial charge in [-0.2, -0.15) is 5.10 Å². The number of aryl methyl sites for hydroxylation is 1. The van der Waals surface area contributed by atoms with Crippen molar-refractivity contribution in [3.63, 3.8) is 0 Å². The van der Waals surface area contributed by atoms with Gasteiger partial charge in [0.25, 0.3) is 0 Å². The summed E-state index contributed by atoms with van der Waals surface area (Å²) in [5, 5.41) is 11.6. The Labute approximate surface area is 139 Å². The molecule has 0 bridgehead atoms. The van der Waals surface area contributed by atoms with Crippen molar-refractivity contribution in [2.24, 2.45) is 12.0 Å². The van der Waals surface area contributed by atoms with Crippen LogP contribution in [0.1, 0.15) is 24.4 Å². The van der Waals surface area contributed by atoms with Crippen LogP contribution in [0.2, 0.25) is 10.0 Å². The summed E-state index contributed by atoms with van der Waals surface area (Å²) in [5.74, 6) is 1.49. The van der Waals surface area contributed by atoms with Gasteiger partial charge in [0.2, 0.25) is 0 Å². The fraction of sp³-hybridized carbons (Fsp3) is 0.357. The number of guanidine groups is 1. The molecule has 0 aliphatic rings. The normalized spacial score (nSPS) is 13.0. The van der Waals surface area contributed by atoms with Crippen LogP contribution in [0, 0.1) is 0 Å². The lowest BCUT2D eigenvalue weighted by Gasteiger charge is -2.18. The van der Waals surface area contributed by atoms with Gasteiger partial charge in [0.05, 0.1) is 22.6 Å². The van der Waals surface area contributed by atoms with Gasteiger partial charge in [-0.1, -0.05) is 29.3 Å². The van der Waals surface area contributed by atoms with Gasteiger partial charge in [0, 0.05) is 14.1 Å². The molecule has 6 nitrogen and oxygen atoms in total. The standard InChI is InChI=1S/C14H18Cl2N6/c1-9(10-4-5-11(15)12(16)6-10)21-14(17-2)18-7-13-19-8-20-22(13)3/h4-6,8-9H,7H2,1-3H3,(H2,17,18,21). The molecule has 1 atom stereocenters. The Kier molecular flexibility index (Phi) is 5.63. The summed E-state index contributed by atoms with van der Waals surface area (Å²) >= 11 is 12.0. The maximum atomic E-state index is 6.05. The second kappa shape index (κ2) is 7.47. The molecule has 0 fully saturated rings. The molecule has 2 aromatic rings. The topological polar surface area (TPSA) is 67.1 Å². The van der Waals surface area contributed by atoms with Crippen molar-refractivity contribution in [3.8, 4) is 0 Å². The second-order valence-corrected chi connectivity index (χ2v) is 5.58. The van der Waals surface area contributed by atoms with Crippen molar-refractivity contribution in [2.75, 3.05) is 7.05 Å². The number of nitrogens with zero attached hydrogens (tertiary/aromatic N) is 4. The van der Waals surface area contributed by atoms with Crippen LogP contribution in [0.15, 0.2) is 29.5 Å². The highest BCUT2D eigenvalue weighted by atomic mass is 35.5. The zero-order valence-electron chi connectivity index (χ0n) is 12.6. The first-order valence-corrected chi connectivity index (χ1v) is 7.52. The minimum absolute atomic E-state index is 0.0282. The van der Waals surface area contributed by atoms with Gasteiger partial charge >= 0.3 is 0 Å². The molecule has 8 heteroatoms. The minimum atomic E-state index is 0.0282. The third-order valence-electron chi connectivity index (χ3n) is 3.24. The highest BCUT2D eigenvalue weighted by Crippen LogP contribution is 2.25. The maximum Gasteiger partial charge on any atom is 0.191 e. The first-order valence-electron chi connectivity index (χ1n) is 6.76. The molecule has 0 aliphatic heterocycles. The van der Waals surface area contributed by atoms with E-state index in [-0.39, 0.29) is 6.04 Å². The van der Waals surface area contributed by atoms with Crippen molar-refractivity contribution in [3.05, 3.63) is 46.0 Å². The Morgan fingerprint density at radius 1 is 1.36 bits per heavy atom.